The monoisotopic (exact) mass is 638 g/mol. The van der Waals surface area contributed by atoms with E-state index in [-0.39, 0.29) is 17.6 Å². The average molecular weight is 639 g/mol. The molecule has 1 aliphatic rings. The summed E-state index contributed by atoms with van der Waals surface area (Å²) in [7, 11) is 0. The largest absolute Gasteiger partial charge is 0.573 e. The fourth-order valence-electron chi connectivity index (χ4n) is 4.87. The molecule has 0 saturated carbocycles. The van der Waals surface area contributed by atoms with Crippen molar-refractivity contribution >= 4 is 45.9 Å². The molecule has 1 saturated heterocycles. The number of aliphatic imine (C=N–C) groups is 1. The highest BCUT2D eigenvalue weighted by atomic mass is 32.2. The van der Waals surface area contributed by atoms with Gasteiger partial charge in [0.1, 0.15) is 12.1 Å². The zero-order valence-electron chi connectivity index (χ0n) is 24.1. The number of thioether (sulfide) groups is 1. The van der Waals surface area contributed by atoms with E-state index in [1.165, 1.54) is 47.0 Å². The number of amides is 1. The van der Waals surface area contributed by atoms with Crippen LogP contribution in [0.1, 0.15) is 36.5 Å². The first-order valence-corrected chi connectivity index (χ1v) is 15.2. The van der Waals surface area contributed by atoms with Crippen molar-refractivity contribution in [2.75, 3.05) is 17.2 Å². The Morgan fingerprint density at radius 2 is 1.84 bits per heavy atom. The van der Waals surface area contributed by atoms with Gasteiger partial charge in [-0.05, 0) is 78.5 Å². The Hall–Kier alpha value is -4.23. The van der Waals surface area contributed by atoms with Crippen molar-refractivity contribution in [3.8, 4) is 22.8 Å². The third-order valence-corrected chi connectivity index (χ3v) is 7.97. The van der Waals surface area contributed by atoms with Gasteiger partial charge >= 0.3 is 6.36 Å². The van der Waals surface area contributed by atoms with Crippen molar-refractivity contribution in [1.29, 1.82) is 0 Å². The molecular formula is C31H29F3N6O2S2. The molecule has 4 aromatic rings. The first-order valence-electron chi connectivity index (χ1n) is 13.8. The second kappa shape index (κ2) is 13.2. The molecule has 44 heavy (non-hydrogen) atoms. The van der Waals surface area contributed by atoms with E-state index >= 15 is 0 Å². The van der Waals surface area contributed by atoms with Gasteiger partial charge in [0.05, 0.1) is 17.1 Å². The Morgan fingerprint density at radius 1 is 1.11 bits per heavy atom. The first-order chi connectivity index (χ1) is 21.0. The molecule has 1 aromatic heterocycles. The van der Waals surface area contributed by atoms with Gasteiger partial charge in [-0.25, -0.2) is 9.67 Å². The van der Waals surface area contributed by atoms with E-state index in [9.17, 15) is 18.0 Å². The number of thiocarbonyl (C=S) groups is 1. The lowest BCUT2D eigenvalue weighted by molar-refractivity contribution is -0.274. The molecule has 0 radical (unpaired) electrons. The number of aryl methyl sites for hydroxylation is 1. The highest BCUT2D eigenvalue weighted by Crippen LogP contribution is 2.35. The second-order valence-electron chi connectivity index (χ2n) is 10.3. The van der Waals surface area contributed by atoms with E-state index < -0.39 is 6.36 Å². The van der Waals surface area contributed by atoms with Crippen molar-refractivity contribution in [3.63, 3.8) is 0 Å². The molecule has 0 unspecified atom stereocenters. The maximum Gasteiger partial charge on any atom is 0.573 e. The fourth-order valence-corrected chi connectivity index (χ4v) is 5.99. The van der Waals surface area contributed by atoms with Crippen LogP contribution in [0.5, 0.6) is 5.75 Å². The number of amidine groups is 1. The molecule has 2 heterocycles. The lowest BCUT2D eigenvalue weighted by Gasteiger charge is -2.23. The van der Waals surface area contributed by atoms with Gasteiger partial charge in [-0.2, -0.15) is 4.99 Å². The van der Waals surface area contributed by atoms with E-state index in [0.29, 0.717) is 40.5 Å². The Morgan fingerprint density at radius 3 is 2.52 bits per heavy atom. The molecular weight excluding hydrogens is 610 g/mol. The number of carbonyl (C=O) groups is 1. The SMILES string of the molecule is Cc1cccc(N2C(=O)CS/C2=N\C(=S)NCCc2ccc(-c3ncn(-c4ccc(OC(F)(F)F)cc4)n3)cc2)c1C(C)C. The van der Waals surface area contributed by atoms with Gasteiger partial charge in [0.25, 0.3) is 0 Å². The number of aromatic nitrogens is 3. The molecule has 1 aliphatic heterocycles. The van der Waals surface area contributed by atoms with Gasteiger partial charge in [-0.15, -0.1) is 18.3 Å². The number of alkyl halides is 3. The quantitative estimate of drug-likeness (QED) is 0.212. The summed E-state index contributed by atoms with van der Waals surface area (Å²) in [6.45, 7) is 6.83. The summed E-state index contributed by atoms with van der Waals surface area (Å²) in [6.07, 6.45) is -2.57. The fraction of sp³-hybridized carbons (Fsp3) is 0.258. The van der Waals surface area contributed by atoms with Crippen LogP contribution in [0, 0.1) is 6.92 Å². The molecule has 0 spiro atoms. The molecule has 1 N–H and O–H groups in total. The van der Waals surface area contributed by atoms with Crippen LogP contribution in [0.15, 0.2) is 78.0 Å². The Bertz CT molecular complexity index is 1690. The van der Waals surface area contributed by atoms with Crippen LogP contribution in [0.3, 0.4) is 0 Å². The third-order valence-electron chi connectivity index (χ3n) is 6.81. The molecule has 0 aliphatic carbocycles. The molecule has 0 atom stereocenters. The number of hydrogen-bond donors (Lipinski definition) is 1. The van der Waals surface area contributed by atoms with Gasteiger partial charge in [-0.1, -0.05) is 62.0 Å². The topological polar surface area (TPSA) is 84.6 Å². The highest BCUT2D eigenvalue weighted by molar-refractivity contribution is 8.15. The highest BCUT2D eigenvalue weighted by Gasteiger charge is 2.32. The van der Waals surface area contributed by atoms with Gasteiger partial charge < -0.3 is 10.1 Å². The van der Waals surface area contributed by atoms with Crippen molar-refractivity contribution in [3.05, 3.63) is 89.7 Å². The van der Waals surface area contributed by atoms with Gasteiger partial charge in [0, 0.05) is 12.1 Å². The number of nitrogens with one attached hydrogen (secondary N) is 1. The van der Waals surface area contributed by atoms with Gasteiger partial charge in [-0.3, -0.25) is 9.69 Å². The molecule has 3 aromatic carbocycles. The number of benzene rings is 3. The van der Waals surface area contributed by atoms with Crippen LogP contribution in [0.2, 0.25) is 0 Å². The second-order valence-corrected chi connectivity index (χ2v) is 11.6. The molecule has 13 heteroatoms. The van der Waals surface area contributed by atoms with Crippen molar-refractivity contribution in [2.45, 2.75) is 39.5 Å². The van der Waals surface area contributed by atoms with Crippen LogP contribution in [0.4, 0.5) is 18.9 Å². The summed E-state index contributed by atoms with van der Waals surface area (Å²) in [4.78, 5) is 23.4. The van der Waals surface area contributed by atoms with E-state index in [4.69, 9.17) is 12.2 Å². The minimum atomic E-state index is -4.75. The predicted molar refractivity (Wildman–Crippen MR) is 170 cm³/mol. The number of carbonyl (C=O) groups excluding carboxylic acids is 1. The van der Waals surface area contributed by atoms with Gasteiger partial charge in [0.15, 0.2) is 16.1 Å². The molecule has 1 amide bonds. The summed E-state index contributed by atoms with van der Waals surface area (Å²) in [6, 6.07) is 19.1. The molecule has 5 rings (SSSR count). The van der Waals surface area contributed by atoms with Crippen molar-refractivity contribution < 1.29 is 22.7 Å². The summed E-state index contributed by atoms with van der Waals surface area (Å²) >= 11 is 6.87. The smallest absolute Gasteiger partial charge is 0.406 e. The lowest BCUT2D eigenvalue weighted by Crippen LogP contribution is -2.32. The van der Waals surface area contributed by atoms with Crippen molar-refractivity contribution in [2.24, 2.45) is 4.99 Å². The first kappa shape index (κ1) is 31.2. The number of ether oxygens (including phenoxy) is 1. The van der Waals surface area contributed by atoms with E-state index in [1.54, 1.807) is 4.90 Å². The summed E-state index contributed by atoms with van der Waals surface area (Å²) in [5.41, 5.74) is 5.50. The van der Waals surface area contributed by atoms with Crippen LogP contribution in [-0.2, 0) is 11.2 Å². The Balaban J connectivity index is 1.17. The predicted octanol–water partition coefficient (Wildman–Crippen LogP) is 6.82. The average Bonchev–Trinajstić information content (AvgIpc) is 3.60. The Labute approximate surface area is 262 Å². The van der Waals surface area contributed by atoms with Gasteiger partial charge in [0.2, 0.25) is 5.91 Å². The number of hydrogen-bond acceptors (Lipinski definition) is 6. The number of halogens is 3. The number of rotatable bonds is 8. The van der Waals surface area contributed by atoms with Crippen molar-refractivity contribution in [1.82, 2.24) is 20.1 Å². The standard InChI is InChI=1S/C31H29F3N6O2S2/c1-19(2)27-20(3)5-4-6-25(27)40-26(41)17-44-30(40)37-29(43)35-16-15-21-7-9-22(10-8-21)28-36-18-39(38-28)23-11-13-24(14-12-23)42-31(32,33)34/h4-14,18-19H,15-17H2,1-3H3,(H,35,43)/b37-30-. The van der Waals surface area contributed by atoms with Crippen LogP contribution >= 0.6 is 24.0 Å². The number of anilines is 1. The summed E-state index contributed by atoms with van der Waals surface area (Å²) in [5, 5.41) is 8.50. The third kappa shape index (κ3) is 7.45. The molecule has 8 nitrogen and oxygen atoms in total. The van der Waals surface area contributed by atoms with Crippen LogP contribution < -0.4 is 15.0 Å². The van der Waals surface area contributed by atoms with E-state index in [2.05, 4.69) is 39.0 Å². The zero-order valence-corrected chi connectivity index (χ0v) is 25.8. The maximum absolute atomic E-state index is 12.8. The number of nitrogens with zero attached hydrogens (tertiary/aromatic N) is 5. The van der Waals surface area contributed by atoms with Crippen LogP contribution in [-0.4, -0.2) is 49.6 Å². The lowest BCUT2D eigenvalue weighted by atomic mass is 9.95. The molecule has 1 fully saturated rings. The molecule has 228 valence electrons. The maximum atomic E-state index is 12.8. The minimum absolute atomic E-state index is 0.0168. The Kier molecular flexibility index (Phi) is 9.35. The summed E-state index contributed by atoms with van der Waals surface area (Å²) in [5.74, 6) is 0.713. The normalized spacial score (nSPS) is 14.5. The summed E-state index contributed by atoms with van der Waals surface area (Å²) < 4.78 is 42.6. The van der Waals surface area contributed by atoms with E-state index in [1.807, 2.05) is 49.4 Å². The minimum Gasteiger partial charge on any atom is -0.406 e. The molecule has 0 bridgehead atoms. The zero-order chi connectivity index (χ0) is 31.4. The van der Waals surface area contributed by atoms with E-state index in [0.717, 1.165) is 27.9 Å². The van der Waals surface area contributed by atoms with Crippen LogP contribution in [0.25, 0.3) is 17.1 Å².